The van der Waals surface area contributed by atoms with Crippen LogP contribution in [0.3, 0.4) is 0 Å². The van der Waals surface area contributed by atoms with Gasteiger partial charge in [-0.05, 0) is 19.0 Å². The van der Waals surface area contributed by atoms with Crippen molar-refractivity contribution in [2.75, 3.05) is 6.61 Å². The number of hydrogen-bond acceptors (Lipinski definition) is 2. The van der Waals surface area contributed by atoms with Crippen molar-refractivity contribution in [3.05, 3.63) is 0 Å². The van der Waals surface area contributed by atoms with Crippen molar-refractivity contribution in [1.82, 2.24) is 0 Å². The Labute approximate surface area is 74.7 Å². The Bertz CT molecular complexity index is 74.8. The molecule has 0 aromatic carbocycles. The third-order valence-electron chi connectivity index (χ3n) is 1.94. The summed E-state index contributed by atoms with van der Waals surface area (Å²) in [5.41, 5.74) is 0. The molecular formula is C7H21NOSi2. The summed E-state index contributed by atoms with van der Waals surface area (Å²) < 4.78 is 4.68. The van der Waals surface area contributed by atoms with E-state index in [1.807, 2.05) is 6.92 Å². The molecule has 11 heavy (non-hydrogen) atoms. The average Bonchev–Trinajstić information content (AvgIpc) is 2.07. The largest absolute Gasteiger partial charge is 0.428 e. The zero-order chi connectivity index (χ0) is 8.53. The van der Waals surface area contributed by atoms with Crippen molar-refractivity contribution >= 4 is 19.4 Å². The van der Waals surface area contributed by atoms with Crippen LogP contribution in [0, 0.1) is 0 Å². The van der Waals surface area contributed by atoms with Crippen LogP contribution in [0.15, 0.2) is 0 Å². The zero-order valence-electron chi connectivity index (χ0n) is 7.81. The molecule has 1 heterocycles. The highest BCUT2D eigenvalue weighted by molar-refractivity contribution is 6.55. The highest BCUT2D eigenvalue weighted by Gasteiger charge is 2.08. The maximum absolute atomic E-state index is 5.77. The highest BCUT2D eigenvalue weighted by atomic mass is 28.3. The Hall–Kier alpha value is 0.354. The van der Waals surface area contributed by atoms with Gasteiger partial charge in [0.15, 0.2) is 0 Å². The Kier molecular flexibility index (Phi) is 8.72. The fourth-order valence-electron chi connectivity index (χ4n) is 1.13. The van der Waals surface area contributed by atoms with E-state index in [2.05, 4.69) is 4.43 Å². The van der Waals surface area contributed by atoms with Crippen molar-refractivity contribution < 1.29 is 4.43 Å². The van der Waals surface area contributed by atoms with E-state index >= 15 is 0 Å². The van der Waals surface area contributed by atoms with Gasteiger partial charge in [-0.2, -0.15) is 0 Å². The lowest BCUT2D eigenvalue weighted by Gasteiger charge is -2.13. The maximum Gasteiger partial charge on any atom is 0.145 e. The van der Waals surface area contributed by atoms with Gasteiger partial charge in [0.2, 0.25) is 0 Å². The number of rotatable bonds is 1. The van der Waals surface area contributed by atoms with Gasteiger partial charge >= 0.3 is 0 Å². The third kappa shape index (κ3) is 8.26. The normalized spacial score (nSPS) is 19.1. The van der Waals surface area contributed by atoms with Gasteiger partial charge < -0.3 is 9.83 Å². The number of nitrogens with two attached hydrogens (primary N) is 1. The topological polar surface area (TPSA) is 35.2 Å². The maximum atomic E-state index is 5.77. The van der Waals surface area contributed by atoms with Crippen LogP contribution in [0.25, 0.3) is 0 Å². The van der Waals surface area contributed by atoms with Gasteiger partial charge in [-0.1, -0.05) is 19.3 Å². The lowest BCUT2D eigenvalue weighted by atomic mass is 10.3. The summed E-state index contributed by atoms with van der Waals surface area (Å²) in [7, 11) is 0.295. The molecule has 1 saturated heterocycles. The molecule has 0 radical (unpaired) electrons. The quantitative estimate of drug-likeness (QED) is 0.599. The Morgan fingerprint density at radius 1 is 1.36 bits per heavy atom. The molecule has 4 heteroatoms. The molecule has 68 valence electrons. The van der Waals surface area contributed by atoms with Gasteiger partial charge in [0.1, 0.15) is 19.4 Å². The van der Waals surface area contributed by atoms with Crippen LogP contribution in [0.2, 0.25) is 12.1 Å². The smallest absolute Gasteiger partial charge is 0.145 e. The molecule has 0 aromatic heterocycles. The zero-order valence-corrected chi connectivity index (χ0v) is 11.0. The van der Waals surface area contributed by atoms with E-state index in [1.54, 1.807) is 0 Å². The molecule has 1 aliphatic heterocycles. The van der Waals surface area contributed by atoms with Crippen LogP contribution in [0.4, 0.5) is 0 Å². The van der Waals surface area contributed by atoms with Crippen molar-refractivity contribution in [3.63, 3.8) is 0 Å². The lowest BCUT2D eigenvalue weighted by molar-refractivity contribution is 0.375. The van der Waals surface area contributed by atoms with Crippen LogP contribution in [-0.4, -0.2) is 26.1 Å². The van der Waals surface area contributed by atoms with Crippen molar-refractivity contribution in [2.45, 2.75) is 38.3 Å². The van der Waals surface area contributed by atoms with Crippen LogP contribution >= 0.6 is 0 Å². The lowest BCUT2D eigenvalue weighted by Crippen LogP contribution is -2.26. The van der Waals surface area contributed by atoms with E-state index in [0.29, 0.717) is 0 Å². The van der Waals surface area contributed by atoms with Gasteiger partial charge in [0, 0.05) is 6.61 Å². The molecule has 0 bridgehead atoms. The molecule has 0 aromatic rings. The number of hydrogen-bond donors (Lipinski definition) is 1. The predicted octanol–water partition coefficient (Wildman–Crippen LogP) is 0.156. The molecule has 1 rings (SSSR count). The first-order valence-electron chi connectivity index (χ1n) is 4.55. The van der Waals surface area contributed by atoms with Crippen LogP contribution in [0.5, 0.6) is 0 Å². The second kappa shape index (κ2) is 8.45. The van der Waals surface area contributed by atoms with E-state index in [-0.39, 0.29) is 0 Å². The average molecular weight is 191 g/mol. The molecule has 1 aliphatic rings. The Morgan fingerprint density at radius 2 is 1.82 bits per heavy atom. The molecule has 0 atom stereocenters. The van der Waals surface area contributed by atoms with Gasteiger partial charge in [0.05, 0.1) is 0 Å². The van der Waals surface area contributed by atoms with Crippen molar-refractivity contribution in [3.8, 4) is 0 Å². The van der Waals surface area contributed by atoms with Gasteiger partial charge in [-0.25, -0.2) is 0 Å². The fourth-order valence-corrected chi connectivity index (χ4v) is 3.05. The first-order valence-corrected chi connectivity index (χ1v) is 7.67. The second-order valence-corrected chi connectivity index (χ2v) is 6.23. The minimum absolute atomic E-state index is 0.595. The molecule has 1 fully saturated rings. The van der Waals surface area contributed by atoms with E-state index < -0.39 is 8.96 Å². The SMILES string of the molecule is CCO[SiH3].N[SiH]1CCCCC1. The summed E-state index contributed by atoms with van der Waals surface area (Å²) >= 11 is 0. The van der Waals surface area contributed by atoms with E-state index in [4.69, 9.17) is 5.40 Å². The second-order valence-electron chi connectivity index (χ2n) is 2.98. The van der Waals surface area contributed by atoms with Gasteiger partial charge in [-0.3, -0.25) is 0 Å². The molecule has 0 aliphatic carbocycles. The molecule has 0 unspecified atom stereocenters. The molecule has 2 nitrogen and oxygen atoms in total. The fraction of sp³-hybridized carbons (Fsp3) is 1.00. The highest BCUT2D eigenvalue weighted by Crippen LogP contribution is 2.14. The minimum Gasteiger partial charge on any atom is -0.428 e. The van der Waals surface area contributed by atoms with Crippen molar-refractivity contribution in [1.29, 1.82) is 0 Å². The monoisotopic (exact) mass is 191 g/mol. The van der Waals surface area contributed by atoms with E-state index in [1.165, 1.54) is 31.4 Å². The summed E-state index contributed by atoms with van der Waals surface area (Å²) in [6.07, 6.45) is 4.29. The minimum atomic E-state index is -0.595. The van der Waals surface area contributed by atoms with E-state index in [0.717, 1.165) is 17.1 Å². The van der Waals surface area contributed by atoms with Crippen LogP contribution < -0.4 is 5.40 Å². The van der Waals surface area contributed by atoms with Crippen LogP contribution in [-0.2, 0) is 4.43 Å². The molecular weight excluding hydrogens is 170 g/mol. The van der Waals surface area contributed by atoms with Gasteiger partial charge in [0.25, 0.3) is 0 Å². The van der Waals surface area contributed by atoms with Crippen molar-refractivity contribution in [2.24, 2.45) is 5.40 Å². The Balaban J connectivity index is 0.000000218. The first kappa shape index (κ1) is 11.4. The molecule has 0 spiro atoms. The van der Waals surface area contributed by atoms with Crippen LogP contribution in [0.1, 0.15) is 26.2 Å². The summed E-state index contributed by atoms with van der Waals surface area (Å²) in [5, 5.41) is 5.77. The standard InChI is InChI=1S/C5H13NSi.C2H8OSi/c6-7-4-2-1-3-5-7;1-2-3-4/h7H,1-6H2;2H2,1,4H3. The first-order chi connectivity index (χ1) is 5.31. The molecule has 0 amide bonds. The van der Waals surface area contributed by atoms with E-state index in [9.17, 15) is 0 Å². The third-order valence-corrected chi connectivity index (χ3v) is 4.82. The Morgan fingerprint density at radius 3 is 2.00 bits per heavy atom. The molecule has 0 saturated carbocycles. The summed E-state index contributed by atoms with van der Waals surface area (Å²) in [5.74, 6) is 0. The molecule has 2 N–H and O–H groups in total. The summed E-state index contributed by atoms with van der Waals surface area (Å²) in [4.78, 5) is 0. The summed E-state index contributed by atoms with van der Waals surface area (Å²) in [6.45, 7) is 2.87. The summed E-state index contributed by atoms with van der Waals surface area (Å²) in [6, 6.07) is 2.81. The van der Waals surface area contributed by atoms with Gasteiger partial charge in [-0.15, -0.1) is 0 Å². The predicted molar refractivity (Wildman–Crippen MR) is 56.4 cm³/mol.